The molecule has 0 fully saturated rings. The van der Waals surface area contributed by atoms with Crippen LogP contribution in [0.15, 0.2) is 18.2 Å². The van der Waals surface area contributed by atoms with Gasteiger partial charge in [-0.25, -0.2) is 4.79 Å². The molecule has 23 heavy (non-hydrogen) atoms. The largest absolute Gasteiger partial charge is 0.487 e. The van der Waals surface area contributed by atoms with Gasteiger partial charge in [0, 0.05) is 20.7 Å². The van der Waals surface area contributed by atoms with E-state index in [4.69, 9.17) is 26.2 Å². The first-order chi connectivity index (χ1) is 10.9. The first kappa shape index (κ1) is 19.1. The molecule has 0 saturated heterocycles. The summed E-state index contributed by atoms with van der Waals surface area (Å²) in [6.07, 6.45) is 0. The quantitative estimate of drug-likeness (QED) is 0.707. The number of amides is 2. The minimum Gasteiger partial charge on any atom is -0.487 e. The Hall–Kier alpha value is -1.99. The predicted octanol–water partition coefficient (Wildman–Crippen LogP) is 2.55. The molecule has 2 amide bonds. The Labute approximate surface area is 140 Å². The van der Waals surface area contributed by atoms with Crippen LogP contribution in [0.25, 0.3) is 0 Å². The van der Waals surface area contributed by atoms with Gasteiger partial charge in [-0.15, -0.1) is 0 Å². The fraction of sp³-hybridized carbons (Fsp3) is 0.467. The number of aliphatic carboxylic acids is 1. The molecule has 0 aromatic heterocycles. The van der Waals surface area contributed by atoms with Gasteiger partial charge in [-0.2, -0.15) is 0 Å². The van der Waals surface area contributed by atoms with Crippen molar-refractivity contribution in [2.45, 2.75) is 6.92 Å². The number of ether oxygens (including phenoxy) is 2. The van der Waals surface area contributed by atoms with Gasteiger partial charge in [0.1, 0.15) is 6.61 Å². The van der Waals surface area contributed by atoms with Crippen molar-refractivity contribution in [3.8, 4) is 5.75 Å². The summed E-state index contributed by atoms with van der Waals surface area (Å²) in [6, 6.07) is 4.54. The highest BCUT2D eigenvalue weighted by molar-refractivity contribution is 6.32. The van der Waals surface area contributed by atoms with Gasteiger partial charge in [-0.3, -0.25) is 4.79 Å². The third kappa shape index (κ3) is 5.96. The van der Waals surface area contributed by atoms with Crippen molar-refractivity contribution in [1.29, 1.82) is 0 Å². The van der Waals surface area contributed by atoms with E-state index in [1.165, 1.54) is 18.9 Å². The van der Waals surface area contributed by atoms with E-state index in [-0.39, 0.29) is 13.2 Å². The van der Waals surface area contributed by atoms with Crippen molar-refractivity contribution in [3.05, 3.63) is 23.2 Å². The third-order valence-electron chi connectivity index (χ3n) is 3.06. The molecule has 0 aliphatic heterocycles. The van der Waals surface area contributed by atoms with E-state index < -0.39 is 17.9 Å². The third-order valence-corrected chi connectivity index (χ3v) is 3.36. The normalized spacial score (nSPS) is 11.7. The van der Waals surface area contributed by atoms with Crippen LogP contribution in [0, 0.1) is 5.92 Å². The van der Waals surface area contributed by atoms with Crippen LogP contribution in [-0.4, -0.2) is 55.9 Å². The predicted molar refractivity (Wildman–Crippen MR) is 87.3 cm³/mol. The topological polar surface area (TPSA) is 88.1 Å². The first-order valence-electron chi connectivity index (χ1n) is 7.02. The number of methoxy groups -OCH3 is 1. The Kier molecular flexibility index (Phi) is 7.64. The smallest absolute Gasteiger partial charge is 0.321 e. The molecule has 0 radical (unpaired) electrons. The van der Waals surface area contributed by atoms with Gasteiger partial charge < -0.3 is 24.8 Å². The highest BCUT2D eigenvalue weighted by Crippen LogP contribution is 2.33. The van der Waals surface area contributed by atoms with Gasteiger partial charge in [0.15, 0.2) is 5.75 Å². The van der Waals surface area contributed by atoms with Crippen LogP contribution >= 0.6 is 11.6 Å². The number of carboxylic acid groups (broad SMARTS) is 1. The lowest BCUT2D eigenvalue weighted by Crippen LogP contribution is -2.36. The fourth-order valence-electron chi connectivity index (χ4n) is 1.76. The van der Waals surface area contributed by atoms with Crippen LogP contribution in [0.1, 0.15) is 6.92 Å². The second kappa shape index (κ2) is 9.22. The maximum atomic E-state index is 12.2. The Morgan fingerprint density at radius 1 is 1.39 bits per heavy atom. The van der Waals surface area contributed by atoms with Crippen molar-refractivity contribution in [1.82, 2.24) is 4.90 Å². The highest BCUT2D eigenvalue weighted by Gasteiger charge is 2.19. The van der Waals surface area contributed by atoms with Crippen molar-refractivity contribution in [2.75, 3.05) is 39.2 Å². The van der Waals surface area contributed by atoms with Crippen molar-refractivity contribution in [2.24, 2.45) is 5.92 Å². The van der Waals surface area contributed by atoms with Crippen LogP contribution in [0.4, 0.5) is 10.5 Å². The minimum absolute atomic E-state index is 0.0849. The molecule has 0 heterocycles. The molecular formula is C15H21ClN2O5. The van der Waals surface area contributed by atoms with Crippen molar-refractivity contribution >= 4 is 29.3 Å². The number of nitrogens with zero attached hydrogens (tertiary/aromatic N) is 1. The molecule has 0 aliphatic carbocycles. The molecule has 1 rings (SSSR count). The number of anilines is 1. The van der Waals surface area contributed by atoms with Crippen molar-refractivity contribution < 1.29 is 24.2 Å². The molecule has 2 N–H and O–H groups in total. The minimum atomic E-state index is -0.962. The number of hydrogen-bond acceptors (Lipinski definition) is 4. The summed E-state index contributed by atoms with van der Waals surface area (Å²) in [7, 11) is 3.07. The number of benzene rings is 1. The number of halogens is 1. The van der Waals surface area contributed by atoms with Crippen LogP contribution in [-0.2, 0) is 9.53 Å². The van der Waals surface area contributed by atoms with Gasteiger partial charge in [0.05, 0.1) is 23.2 Å². The molecule has 0 saturated carbocycles. The lowest BCUT2D eigenvalue weighted by Gasteiger charge is -2.21. The molecule has 7 nitrogen and oxygen atoms in total. The van der Waals surface area contributed by atoms with E-state index in [1.807, 2.05) is 0 Å². The Morgan fingerprint density at radius 2 is 2.09 bits per heavy atom. The molecular weight excluding hydrogens is 324 g/mol. The molecule has 1 unspecified atom stereocenters. The van der Waals surface area contributed by atoms with Gasteiger partial charge in [-0.1, -0.05) is 24.6 Å². The summed E-state index contributed by atoms with van der Waals surface area (Å²) >= 11 is 6.09. The molecule has 1 aromatic carbocycles. The molecule has 1 atom stereocenters. The monoisotopic (exact) mass is 344 g/mol. The lowest BCUT2D eigenvalue weighted by atomic mass is 10.2. The number of carbonyl (C=O) groups is 2. The Balaban J connectivity index is 2.77. The van der Waals surface area contributed by atoms with Crippen LogP contribution in [0.3, 0.4) is 0 Å². The zero-order valence-corrected chi connectivity index (χ0v) is 14.1. The van der Waals surface area contributed by atoms with Gasteiger partial charge in [0.2, 0.25) is 0 Å². The Morgan fingerprint density at radius 3 is 2.70 bits per heavy atom. The van der Waals surface area contributed by atoms with E-state index in [2.05, 4.69) is 5.32 Å². The van der Waals surface area contributed by atoms with E-state index in [0.29, 0.717) is 23.1 Å². The number of para-hydroxylation sites is 1. The van der Waals surface area contributed by atoms with E-state index in [0.717, 1.165) is 0 Å². The molecule has 0 bridgehead atoms. The number of rotatable bonds is 8. The summed E-state index contributed by atoms with van der Waals surface area (Å²) in [4.78, 5) is 24.3. The molecule has 0 spiro atoms. The number of hydrogen-bond donors (Lipinski definition) is 2. The second-order valence-corrected chi connectivity index (χ2v) is 5.41. The number of carbonyl (C=O) groups excluding carboxylic acids is 1. The summed E-state index contributed by atoms with van der Waals surface area (Å²) in [5.41, 5.74) is 0.411. The number of carboxylic acids is 1. The average Bonchev–Trinajstić information content (AvgIpc) is 2.49. The average molecular weight is 345 g/mol. The lowest BCUT2D eigenvalue weighted by molar-refractivity contribution is -0.141. The van der Waals surface area contributed by atoms with Crippen molar-refractivity contribution in [3.63, 3.8) is 0 Å². The fourth-order valence-corrected chi connectivity index (χ4v) is 1.99. The van der Waals surface area contributed by atoms with Crippen LogP contribution in [0.2, 0.25) is 5.02 Å². The van der Waals surface area contributed by atoms with Gasteiger partial charge >= 0.3 is 12.0 Å². The zero-order chi connectivity index (χ0) is 17.4. The van der Waals surface area contributed by atoms with Crippen LogP contribution in [0.5, 0.6) is 5.75 Å². The van der Waals surface area contributed by atoms with E-state index >= 15 is 0 Å². The maximum absolute atomic E-state index is 12.2. The summed E-state index contributed by atoms with van der Waals surface area (Å²) in [5.74, 6) is -1.28. The highest BCUT2D eigenvalue weighted by atomic mass is 35.5. The number of urea groups is 1. The molecule has 1 aromatic rings. The summed E-state index contributed by atoms with van der Waals surface area (Å²) in [6.45, 7) is 2.29. The number of nitrogens with one attached hydrogen (secondary N) is 1. The van der Waals surface area contributed by atoms with Gasteiger partial charge in [-0.05, 0) is 12.1 Å². The van der Waals surface area contributed by atoms with E-state index in [1.54, 1.807) is 25.3 Å². The van der Waals surface area contributed by atoms with Crippen LogP contribution < -0.4 is 10.1 Å². The SMILES string of the molecule is COCCOc1c(Cl)cccc1NC(=O)N(C)CC(C)C(=O)O. The Bertz CT molecular complexity index is 553. The standard InChI is InChI=1S/C15H21ClN2O5/c1-10(14(19)20)9-18(2)15(21)17-12-6-4-5-11(16)13(12)23-8-7-22-3/h4-6,10H,7-9H2,1-3H3,(H,17,21)(H,19,20). The summed E-state index contributed by atoms with van der Waals surface area (Å²) < 4.78 is 10.4. The first-order valence-corrected chi connectivity index (χ1v) is 7.39. The summed E-state index contributed by atoms with van der Waals surface area (Å²) in [5, 5.41) is 11.9. The van der Waals surface area contributed by atoms with Gasteiger partial charge in [0.25, 0.3) is 0 Å². The zero-order valence-electron chi connectivity index (χ0n) is 13.3. The molecule has 0 aliphatic rings. The van der Waals surface area contributed by atoms with E-state index in [9.17, 15) is 9.59 Å². The molecule has 8 heteroatoms. The second-order valence-electron chi connectivity index (χ2n) is 5.01. The maximum Gasteiger partial charge on any atom is 0.321 e. The molecule has 128 valence electrons.